The molecule has 9 heteroatoms. The first kappa shape index (κ1) is 18.4. The van der Waals surface area contributed by atoms with E-state index in [1.54, 1.807) is 11.1 Å². The lowest BCUT2D eigenvalue weighted by molar-refractivity contribution is 0.208. The highest BCUT2D eigenvalue weighted by Gasteiger charge is 2.24. The van der Waals surface area contributed by atoms with Gasteiger partial charge in [0.1, 0.15) is 17.5 Å². The van der Waals surface area contributed by atoms with E-state index < -0.39 is 17.7 Å². The second-order valence-electron chi connectivity index (χ2n) is 6.94. The first-order valence-electron chi connectivity index (χ1n) is 9.44. The van der Waals surface area contributed by atoms with Crippen LogP contribution in [0.4, 0.5) is 31.0 Å². The molecule has 2 aromatic rings. The van der Waals surface area contributed by atoms with Gasteiger partial charge in [0.2, 0.25) is 5.95 Å². The standard InChI is InChI=1S/C19H22F2N6O/c20-14-3-4-16(15(21)13-14)23-19(28)27-11-9-25(10-12-27)17-5-6-22-18(24-17)26-7-1-2-8-26/h3-6,13H,1-2,7-12H2,(H,23,28). The average Bonchev–Trinajstić information content (AvgIpc) is 3.25. The van der Waals surface area contributed by atoms with Crippen LogP contribution < -0.4 is 15.1 Å². The van der Waals surface area contributed by atoms with Crippen molar-refractivity contribution in [1.82, 2.24) is 14.9 Å². The maximum atomic E-state index is 13.7. The molecule has 0 bridgehead atoms. The normalized spacial score (nSPS) is 17.1. The van der Waals surface area contributed by atoms with Crippen molar-refractivity contribution >= 4 is 23.5 Å². The maximum Gasteiger partial charge on any atom is 0.322 e. The van der Waals surface area contributed by atoms with Gasteiger partial charge in [0.05, 0.1) is 5.69 Å². The van der Waals surface area contributed by atoms with Gasteiger partial charge in [-0.3, -0.25) is 0 Å². The minimum atomic E-state index is -0.789. The fraction of sp³-hybridized carbons (Fsp3) is 0.421. The number of carbonyl (C=O) groups is 1. The first-order chi connectivity index (χ1) is 13.6. The average molecular weight is 388 g/mol. The lowest BCUT2D eigenvalue weighted by Gasteiger charge is -2.35. The summed E-state index contributed by atoms with van der Waals surface area (Å²) in [5, 5.41) is 2.50. The second kappa shape index (κ2) is 7.95. The number of amides is 2. The molecule has 4 rings (SSSR count). The SMILES string of the molecule is O=C(Nc1ccc(F)cc1F)N1CCN(c2ccnc(N3CCCC3)n2)CC1. The highest BCUT2D eigenvalue weighted by molar-refractivity contribution is 5.89. The van der Waals surface area contributed by atoms with Gasteiger partial charge in [-0.1, -0.05) is 0 Å². The number of benzene rings is 1. The molecule has 0 radical (unpaired) electrons. The van der Waals surface area contributed by atoms with E-state index in [-0.39, 0.29) is 5.69 Å². The number of nitrogens with zero attached hydrogens (tertiary/aromatic N) is 5. The number of nitrogens with one attached hydrogen (secondary N) is 1. The van der Waals surface area contributed by atoms with Crippen molar-refractivity contribution in [1.29, 1.82) is 0 Å². The molecule has 0 spiro atoms. The van der Waals surface area contributed by atoms with Gasteiger partial charge in [-0.2, -0.15) is 4.98 Å². The lowest BCUT2D eigenvalue weighted by Crippen LogP contribution is -2.50. The van der Waals surface area contributed by atoms with Gasteiger partial charge in [0.25, 0.3) is 0 Å². The van der Waals surface area contributed by atoms with Crippen LogP contribution in [0.2, 0.25) is 0 Å². The zero-order chi connectivity index (χ0) is 19.5. The molecule has 2 aliphatic heterocycles. The van der Waals surface area contributed by atoms with E-state index in [1.807, 2.05) is 6.07 Å². The number of aromatic nitrogens is 2. The highest BCUT2D eigenvalue weighted by Crippen LogP contribution is 2.21. The van der Waals surface area contributed by atoms with Crippen LogP contribution in [0.3, 0.4) is 0 Å². The van der Waals surface area contributed by atoms with E-state index in [4.69, 9.17) is 0 Å². The van der Waals surface area contributed by atoms with E-state index >= 15 is 0 Å². The monoisotopic (exact) mass is 388 g/mol. The molecule has 2 amide bonds. The van der Waals surface area contributed by atoms with E-state index in [0.29, 0.717) is 26.2 Å². The highest BCUT2D eigenvalue weighted by atomic mass is 19.1. The van der Waals surface area contributed by atoms with Gasteiger partial charge < -0.3 is 20.0 Å². The number of carbonyl (C=O) groups excluding carboxylic acids is 1. The van der Waals surface area contributed by atoms with Crippen molar-refractivity contribution in [3.8, 4) is 0 Å². The van der Waals surface area contributed by atoms with Crippen LogP contribution in [-0.2, 0) is 0 Å². The molecule has 1 aromatic heterocycles. The van der Waals surface area contributed by atoms with Crippen molar-refractivity contribution in [2.24, 2.45) is 0 Å². The minimum Gasteiger partial charge on any atom is -0.353 e. The zero-order valence-electron chi connectivity index (χ0n) is 15.4. The van der Waals surface area contributed by atoms with Crippen molar-refractivity contribution < 1.29 is 13.6 Å². The molecular formula is C19H22F2N6O. The summed E-state index contributed by atoms with van der Waals surface area (Å²) in [7, 11) is 0. The van der Waals surface area contributed by atoms with E-state index in [9.17, 15) is 13.6 Å². The van der Waals surface area contributed by atoms with Crippen molar-refractivity contribution in [2.75, 3.05) is 54.4 Å². The van der Waals surface area contributed by atoms with Gasteiger partial charge in [0.15, 0.2) is 0 Å². The smallest absolute Gasteiger partial charge is 0.322 e. The molecule has 3 heterocycles. The summed E-state index contributed by atoms with van der Waals surface area (Å²) in [5.41, 5.74) is -0.0279. The van der Waals surface area contributed by atoms with Crippen LogP contribution in [-0.4, -0.2) is 60.2 Å². The Hall–Kier alpha value is -2.97. The Morgan fingerprint density at radius 3 is 2.43 bits per heavy atom. The zero-order valence-corrected chi connectivity index (χ0v) is 15.4. The number of anilines is 3. The van der Waals surface area contributed by atoms with Gasteiger partial charge in [-0.15, -0.1) is 0 Å². The molecule has 1 aromatic carbocycles. The Kier molecular flexibility index (Phi) is 5.23. The molecule has 1 N–H and O–H groups in total. The number of piperazine rings is 1. The molecule has 0 atom stereocenters. The lowest BCUT2D eigenvalue weighted by atomic mass is 10.3. The van der Waals surface area contributed by atoms with Crippen LogP contribution in [0.25, 0.3) is 0 Å². The van der Waals surface area contributed by atoms with Gasteiger partial charge >= 0.3 is 6.03 Å². The molecular weight excluding hydrogens is 366 g/mol. The summed E-state index contributed by atoms with van der Waals surface area (Å²) in [5.74, 6) is 0.133. The molecule has 2 saturated heterocycles. The summed E-state index contributed by atoms with van der Waals surface area (Å²) in [4.78, 5) is 27.3. The third-order valence-electron chi connectivity index (χ3n) is 5.08. The van der Waals surface area contributed by atoms with Crippen molar-refractivity contribution in [3.05, 3.63) is 42.1 Å². The Morgan fingerprint density at radius 2 is 1.71 bits per heavy atom. The number of hydrogen-bond acceptors (Lipinski definition) is 5. The third-order valence-corrected chi connectivity index (χ3v) is 5.08. The second-order valence-corrected chi connectivity index (χ2v) is 6.94. The Balaban J connectivity index is 1.35. The minimum absolute atomic E-state index is 0.0279. The number of urea groups is 1. The molecule has 0 aliphatic carbocycles. The van der Waals surface area contributed by atoms with Crippen LogP contribution >= 0.6 is 0 Å². The largest absolute Gasteiger partial charge is 0.353 e. The maximum absolute atomic E-state index is 13.7. The summed E-state index contributed by atoms with van der Waals surface area (Å²) < 4.78 is 26.7. The molecule has 7 nitrogen and oxygen atoms in total. The summed E-state index contributed by atoms with van der Waals surface area (Å²) >= 11 is 0. The van der Waals surface area contributed by atoms with Crippen LogP contribution in [0.1, 0.15) is 12.8 Å². The Bertz CT molecular complexity index is 850. The third kappa shape index (κ3) is 3.97. The van der Waals surface area contributed by atoms with Crippen molar-refractivity contribution in [2.45, 2.75) is 12.8 Å². The number of rotatable bonds is 3. The van der Waals surface area contributed by atoms with Gasteiger partial charge in [-0.25, -0.2) is 18.6 Å². The fourth-order valence-corrected chi connectivity index (χ4v) is 3.51. The van der Waals surface area contributed by atoms with Crippen LogP contribution in [0, 0.1) is 11.6 Å². The molecule has 0 saturated carbocycles. The summed E-state index contributed by atoms with van der Waals surface area (Å²) in [6.07, 6.45) is 4.10. The number of hydrogen-bond donors (Lipinski definition) is 1. The van der Waals surface area contributed by atoms with Gasteiger partial charge in [0, 0.05) is 51.5 Å². The van der Waals surface area contributed by atoms with E-state index in [0.717, 1.165) is 49.8 Å². The first-order valence-corrected chi connectivity index (χ1v) is 9.44. The predicted molar refractivity (Wildman–Crippen MR) is 103 cm³/mol. The summed E-state index contributed by atoms with van der Waals surface area (Å²) in [6, 6.07) is 4.57. The molecule has 28 heavy (non-hydrogen) atoms. The van der Waals surface area contributed by atoms with Crippen LogP contribution in [0.15, 0.2) is 30.5 Å². The molecule has 148 valence electrons. The van der Waals surface area contributed by atoms with Crippen molar-refractivity contribution in [3.63, 3.8) is 0 Å². The molecule has 0 unspecified atom stereocenters. The Labute approximate surface area is 162 Å². The van der Waals surface area contributed by atoms with Gasteiger partial charge in [-0.05, 0) is 31.0 Å². The number of halogens is 2. The van der Waals surface area contributed by atoms with E-state index in [2.05, 4.69) is 25.1 Å². The predicted octanol–water partition coefficient (Wildman–Crippen LogP) is 2.71. The quantitative estimate of drug-likeness (QED) is 0.876. The van der Waals surface area contributed by atoms with E-state index in [1.165, 1.54) is 6.07 Å². The molecule has 2 fully saturated rings. The Morgan fingerprint density at radius 1 is 0.964 bits per heavy atom. The topological polar surface area (TPSA) is 64.6 Å². The fourth-order valence-electron chi connectivity index (χ4n) is 3.51. The van der Waals surface area contributed by atoms with Crippen LogP contribution in [0.5, 0.6) is 0 Å². The summed E-state index contributed by atoms with van der Waals surface area (Å²) in [6.45, 7) is 4.18. The molecule has 2 aliphatic rings.